The first-order valence-corrected chi connectivity index (χ1v) is 9.52. The lowest BCUT2D eigenvalue weighted by molar-refractivity contribution is -0.119. The van der Waals surface area contributed by atoms with Gasteiger partial charge in [0, 0.05) is 12.1 Å². The summed E-state index contributed by atoms with van der Waals surface area (Å²) in [7, 11) is -3.71. The summed E-state index contributed by atoms with van der Waals surface area (Å²) in [5, 5.41) is 10.6. The molecule has 1 aromatic rings. The summed E-state index contributed by atoms with van der Waals surface area (Å²) in [4.78, 5) is 11.7. The Kier molecular flexibility index (Phi) is 8.15. The number of rotatable bonds is 8. The number of nitrogens with two attached hydrogens (primary N) is 1. The van der Waals surface area contributed by atoms with E-state index in [4.69, 9.17) is 17.4 Å². The van der Waals surface area contributed by atoms with Crippen molar-refractivity contribution in [2.75, 3.05) is 5.32 Å². The molecule has 1 aromatic carbocycles. The Morgan fingerprint density at radius 3 is 2.30 bits per heavy atom. The molecule has 23 heavy (non-hydrogen) atoms. The van der Waals surface area contributed by atoms with Crippen molar-refractivity contribution in [3.8, 4) is 0 Å². The van der Waals surface area contributed by atoms with E-state index in [1.807, 2.05) is 0 Å². The normalized spacial score (nSPS) is 11.0. The largest absolute Gasteiger partial charge is 0.332 e. The number of amides is 1. The van der Waals surface area contributed by atoms with Crippen molar-refractivity contribution in [3.05, 3.63) is 24.3 Å². The molecule has 0 saturated carbocycles. The monoisotopic (exact) mass is 357 g/mol. The first kappa shape index (κ1) is 19.5. The molecule has 0 aliphatic carbocycles. The van der Waals surface area contributed by atoms with E-state index in [0.29, 0.717) is 12.1 Å². The van der Waals surface area contributed by atoms with Crippen LogP contribution in [-0.2, 0) is 14.8 Å². The third kappa shape index (κ3) is 8.06. The lowest BCUT2D eigenvalue weighted by Gasteiger charge is -2.10. The van der Waals surface area contributed by atoms with E-state index in [0.717, 1.165) is 19.3 Å². The van der Waals surface area contributed by atoms with E-state index in [-0.39, 0.29) is 15.9 Å². The van der Waals surface area contributed by atoms with E-state index in [9.17, 15) is 13.2 Å². The van der Waals surface area contributed by atoms with Gasteiger partial charge in [0.05, 0.1) is 4.90 Å². The predicted molar refractivity (Wildman–Crippen MR) is 95.6 cm³/mol. The van der Waals surface area contributed by atoms with Crippen molar-refractivity contribution in [2.45, 2.75) is 50.3 Å². The van der Waals surface area contributed by atoms with Gasteiger partial charge in [-0.05, 0) is 42.9 Å². The van der Waals surface area contributed by atoms with Gasteiger partial charge >= 0.3 is 0 Å². The molecule has 0 aliphatic rings. The lowest BCUT2D eigenvalue weighted by atomic mass is 10.1. The van der Waals surface area contributed by atoms with Crippen LogP contribution in [0.5, 0.6) is 0 Å². The van der Waals surface area contributed by atoms with Crippen LogP contribution in [0.15, 0.2) is 29.2 Å². The molecule has 0 saturated heterocycles. The van der Waals surface area contributed by atoms with Crippen LogP contribution in [0.2, 0.25) is 0 Å². The summed E-state index contributed by atoms with van der Waals surface area (Å²) in [6.45, 7) is 2.15. The average Bonchev–Trinajstić information content (AvgIpc) is 2.46. The number of carbonyl (C=O) groups excluding carboxylic acids is 1. The Labute approximate surface area is 142 Å². The topological polar surface area (TPSA) is 101 Å². The summed E-state index contributed by atoms with van der Waals surface area (Å²) in [6.07, 6.45) is 5.83. The number of hydrogen-bond donors (Lipinski definition) is 3. The number of nitrogens with one attached hydrogen (secondary N) is 2. The zero-order valence-electron chi connectivity index (χ0n) is 13.2. The van der Waals surface area contributed by atoms with Crippen molar-refractivity contribution in [3.63, 3.8) is 0 Å². The number of primary sulfonamides is 1. The van der Waals surface area contributed by atoms with Gasteiger partial charge in [-0.15, -0.1) is 0 Å². The number of anilines is 1. The fraction of sp³-hybridized carbons (Fsp3) is 0.467. The Bertz CT molecular complexity index is 628. The van der Waals surface area contributed by atoms with Gasteiger partial charge in [-0.2, -0.15) is 0 Å². The highest BCUT2D eigenvalue weighted by molar-refractivity contribution is 7.89. The molecule has 0 spiro atoms. The van der Waals surface area contributed by atoms with Crippen LogP contribution < -0.4 is 15.8 Å². The molecule has 0 fully saturated rings. The standard InChI is InChI=1S/C15H23N3O3S2/c1-2-3-4-5-6-7-14(19)18-15(22)17-12-8-10-13(11-9-12)23(16,20)21/h8-11H,2-7H2,1H3,(H2,16,20,21)(H2,17,18,19,22). The minimum absolute atomic E-state index is 0.0186. The number of hydrogen-bond acceptors (Lipinski definition) is 4. The van der Waals surface area contributed by atoms with Crippen LogP contribution in [0.25, 0.3) is 0 Å². The highest BCUT2D eigenvalue weighted by Gasteiger charge is 2.08. The Morgan fingerprint density at radius 1 is 1.13 bits per heavy atom. The highest BCUT2D eigenvalue weighted by Crippen LogP contribution is 2.12. The zero-order valence-corrected chi connectivity index (χ0v) is 14.8. The first-order chi connectivity index (χ1) is 10.8. The van der Waals surface area contributed by atoms with E-state index in [1.54, 1.807) is 0 Å². The second-order valence-corrected chi connectivity index (χ2v) is 7.21. The van der Waals surface area contributed by atoms with E-state index < -0.39 is 10.0 Å². The molecular formula is C15H23N3O3S2. The number of thiocarbonyl (C=S) groups is 1. The van der Waals surface area contributed by atoms with Crippen LogP contribution in [0.3, 0.4) is 0 Å². The van der Waals surface area contributed by atoms with Gasteiger partial charge < -0.3 is 10.6 Å². The number of unbranched alkanes of at least 4 members (excludes halogenated alkanes) is 4. The molecule has 0 aliphatic heterocycles. The van der Waals surface area contributed by atoms with Gasteiger partial charge in [-0.3, -0.25) is 4.79 Å². The molecule has 8 heteroatoms. The van der Waals surface area contributed by atoms with E-state index in [2.05, 4.69) is 17.6 Å². The van der Waals surface area contributed by atoms with Gasteiger partial charge in [0.15, 0.2) is 5.11 Å². The summed E-state index contributed by atoms with van der Waals surface area (Å²) in [5.74, 6) is -0.125. The summed E-state index contributed by atoms with van der Waals surface area (Å²) >= 11 is 5.05. The van der Waals surface area contributed by atoms with Crippen molar-refractivity contribution < 1.29 is 13.2 Å². The van der Waals surface area contributed by atoms with Crippen molar-refractivity contribution in [1.29, 1.82) is 0 Å². The minimum atomic E-state index is -3.71. The molecule has 0 heterocycles. The minimum Gasteiger partial charge on any atom is -0.332 e. The third-order valence-corrected chi connectivity index (χ3v) is 4.33. The van der Waals surface area contributed by atoms with Crippen molar-refractivity contribution in [2.24, 2.45) is 5.14 Å². The fourth-order valence-electron chi connectivity index (χ4n) is 1.97. The van der Waals surface area contributed by atoms with Crippen LogP contribution in [0.1, 0.15) is 45.4 Å². The molecule has 0 unspecified atom stereocenters. The van der Waals surface area contributed by atoms with Crippen LogP contribution in [0.4, 0.5) is 5.69 Å². The van der Waals surface area contributed by atoms with Gasteiger partial charge in [-0.1, -0.05) is 32.6 Å². The maximum absolute atomic E-state index is 11.7. The van der Waals surface area contributed by atoms with Crippen molar-refractivity contribution in [1.82, 2.24) is 5.32 Å². The maximum atomic E-state index is 11.7. The molecule has 1 rings (SSSR count). The first-order valence-electron chi connectivity index (χ1n) is 7.56. The van der Waals surface area contributed by atoms with Crippen LogP contribution >= 0.6 is 12.2 Å². The second kappa shape index (κ2) is 9.59. The molecule has 4 N–H and O–H groups in total. The van der Waals surface area contributed by atoms with E-state index in [1.165, 1.54) is 37.1 Å². The molecule has 0 radical (unpaired) electrons. The van der Waals surface area contributed by atoms with Gasteiger partial charge in [0.1, 0.15) is 0 Å². The van der Waals surface area contributed by atoms with Crippen LogP contribution in [-0.4, -0.2) is 19.4 Å². The summed E-state index contributed by atoms with van der Waals surface area (Å²) in [6, 6.07) is 5.80. The number of benzene rings is 1. The Balaban J connectivity index is 2.37. The zero-order chi connectivity index (χ0) is 17.3. The van der Waals surface area contributed by atoms with Gasteiger partial charge in [0.2, 0.25) is 15.9 Å². The summed E-state index contributed by atoms with van der Waals surface area (Å²) in [5.41, 5.74) is 0.575. The molecule has 128 valence electrons. The van der Waals surface area contributed by atoms with E-state index >= 15 is 0 Å². The third-order valence-electron chi connectivity index (χ3n) is 3.20. The average molecular weight is 358 g/mol. The smallest absolute Gasteiger partial charge is 0.238 e. The summed E-state index contributed by atoms with van der Waals surface area (Å²) < 4.78 is 22.3. The highest BCUT2D eigenvalue weighted by atomic mass is 32.2. The SMILES string of the molecule is CCCCCCCC(=O)NC(=S)Nc1ccc(S(N)(=O)=O)cc1. The molecule has 6 nitrogen and oxygen atoms in total. The van der Waals surface area contributed by atoms with Crippen molar-refractivity contribution >= 4 is 38.9 Å². The number of sulfonamides is 1. The molecule has 1 amide bonds. The Hall–Kier alpha value is -1.51. The molecular weight excluding hydrogens is 334 g/mol. The maximum Gasteiger partial charge on any atom is 0.238 e. The van der Waals surface area contributed by atoms with Crippen LogP contribution in [0, 0.1) is 0 Å². The quantitative estimate of drug-likeness (QED) is 0.490. The fourth-order valence-corrected chi connectivity index (χ4v) is 2.72. The predicted octanol–water partition coefficient (Wildman–Crippen LogP) is 2.51. The Morgan fingerprint density at radius 2 is 1.74 bits per heavy atom. The number of carbonyl (C=O) groups is 1. The van der Waals surface area contributed by atoms with Gasteiger partial charge in [-0.25, -0.2) is 13.6 Å². The van der Waals surface area contributed by atoms with Gasteiger partial charge in [0.25, 0.3) is 0 Å². The lowest BCUT2D eigenvalue weighted by Crippen LogP contribution is -2.33. The second-order valence-electron chi connectivity index (χ2n) is 5.24. The molecule has 0 bridgehead atoms. The molecule has 0 aromatic heterocycles. The molecule has 0 atom stereocenters.